The highest BCUT2D eigenvalue weighted by Crippen LogP contribution is 2.24. The van der Waals surface area contributed by atoms with Crippen LogP contribution >= 0.6 is 0 Å². The molecule has 1 aromatic carbocycles. The molecule has 0 unspecified atom stereocenters. The Morgan fingerprint density at radius 3 is 2.38 bits per heavy atom. The Labute approximate surface area is 143 Å². The van der Waals surface area contributed by atoms with Gasteiger partial charge in [0.2, 0.25) is 5.88 Å². The van der Waals surface area contributed by atoms with Crippen LogP contribution in [0.2, 0.25) is 0 Å². The molecule has 0 atom stereocenters. The number of amides is 1. The van der Waals surface area contributed by atoms with E-state index in [-0.39, 0.29) is 17.4 Å². The summed E-state index contributed by atoms with van der Waals surface area (Å²) in [6.45, 7) is 9.65. The molecule has 2 heterocycles. The zero-order valence-electron chi connectivity index (χ0n) is 14.7. The van der Waals surface area contributed by atoms with Crippen LogP contribution in [0, 0.1) is 6.92 Å². The summed E-state index contributed by atoms with van der Waals surface area (Å²) in [5.41, 5.74) is 2.99. The van der Waals surface area contributed by atoms with Crippen LogP contribution in [0.25, 0.3) is 0 Å². The maximum absolute atomic E-state index is 12.5. The van der Waals surface area contributed by atoms with Crippen LogP contribution in [-0.2, 0) is 5.41 Å². The van der Waals surface area contributed by atoms with Gasteiger partial charge in [0.1, 0.15) is 6.10 Å². The number of hydrogen-bond acceptors (Lipinski definition) is 3. The van der Waals surface area contributed by atoms with Crippen molar-refractivity contribution < 1.29 is 9.53 Å². The molecule has 1 aliphatic rings. The molecule has 0 radical (unpaired) electrons. The molecular weight excluding hydrogens is 300 g/mol. The van der Waals surface area contributed by atoms with Crippen molar-refractivity contribution >= 4 is 5.91 Å². The minimum absolute atomic E-state index is 0.0251. The first-order valence-electron chi connectivity index (χ1n) is 8.33. The van der Waals surface area contributed by atoms with E-state index < -0.39 is 0 Å². The fraction of sp³-hybridized carbons (Fsp3) is 0.400. The van der Waals surface area contributed by atoms with Crippen LogP contribution in [0.4, 0.5) is 0 Å². The molecule has 0 bridgehead atoms. The number of aryl methyl sites for hydroxylation is 1. The highest BCUT2D eigenvalue weighted by Gasteiger charge is 2.33. The fourth-order valence-corrected chi connectivity index (χ4v) is 2.73. The molecule has 1 aromatic heterocycles. The smallest absolute Gasteiger partial charge is 0.254 e. The highest BCUT2D eigenvalue weighted by atomic mass is 16.5. The van der Waals surface area contributed by atoms with Gasteiger partial charge < -0.3 is 9.64 Å². The van der Waals surface area contributed by atoms with E-state index in [1.54, 1.807) is 0 Å². The lowest BCUT2D eigenvalue weighted by Gasteiger charge is -2.38. The topological polar surface area (TPSA) is 42.4 Å². The van der Waals surface area contributed by atoms with Gasteiger partial charge in [-0.1, -0.05) is 39.0 Å². The van der Waals surface area contributed by atoms with Crippen molar-refractivity contribution in [1.82, 2.24) is 9.88 Å². The Kier molecular flexibility index (Phi) is 4.31. The summed E-state index contributed by atoms with van der Waals surface area (Å²) in [5, 5.41) is 0. The van der Waals surface area contributed by atoms with Crippen molar-refractivity contribution in [2.75, 3.05) is 13.1 Å². The van der Waals surface area contributed by atoms with Crippen LogP contribution in [0.1, 0.15) is 42.4 Å². The molecule has 1 saturated heterocycles. The molecule has 4 heteroatoms. The number of nitrogens with zero attached hydrogens (tertiary/aromatic N) is 2. The van der Waals surface area contributed by atoms with Gasteiger partial charge in [-0.2, -0.15) is 0 Å². The van der Waals surface area contributed by atoms with Gasteiger partial charge in [0, 0.05) is 17.3 Å². The van der Waals surface area contributed by atoms with Crippen LogP contribution in [-0.4, -0.2) is 35.0 Å². The van der Waals surface area contributed by atoms with E-state index in [0.29, 0.717) is 19.0 Å². The predicted octanol–water partition coefficient (Wildman–Crippen LogP) is 3.59. The molecule has 0 spiro atoms. The third-order valence-corrected chi connectivity index (χ3v) is 4.28. The molecule has 0 aliphatic carbocycles. The largest absolute Gasteiger partial charge is 0.471 e. The number of benzene rings is 1. The minimum atomic E-state index is 0.0251. The number of aromatic nitrogens is 1. The van der Waals surface area contributed by atoms with E-state index in [1.165, 1.54) is 5.56 Å². The average Bonchev–Trinajstić information content (AvgIpc) is 2.49. The van der Waals surface area contributed by atoms with Crippen molar-refractivity contribution in [3.63, 3.8) is 0 Å². The standard InChI is InChI=1S/C20H24N2O2/c1-14-6-5-7-18(21-14)24-17-12-22(13-17)19(23)15-8-10-16(11-9-15)20(2,3)4/h5-11,17H,12-13H2,1-4H3. The third kappa shape index (κ3) is 3.58. The van der Waals surface area contributed by atoms with Gasteiger partial charge in [-0.3, -0.25) is 4.79 Å². The van der Waals surface area contributed by atoms with E-state index in [0.717, 1.165) is 11.3 Å². The molecule has 24 heavy (non-hydrogen) atoms. The SMILES string of the molecule is Cc1cccc(OC2CN(C(=O)c3ccc(C(C)(C)C)cc3)C2)n1. The number of pyridine rings is 1. The van der Waals surface area contributed by atoms with E-state index >= 15 is 0 Å². The van der Waals surface area contributed by atoms with Gasteiger partial charge in [-0.15, -0.1) is 0 Å². The lowest BCUT2D eigenvalue weighted by atomic mass is 9.86. The zero-order valence-corrected chi connectivity index (χ0v) is 14.7. The van der Waals surface area contributed by atoms with Gasteiger partial charge in [0.15, 0.2) is 0 Å². The normalized spacial score (nSPS) is 15.1. The second-order valence-corrected chi connectivity index (χ2v) is 7.39. The van der Waals surface area contributed by atoms with Crippen LogP contribution in [0.15, 0.2) is 42.5 Å². The van der Waals surface area contributed by atoms with Crippen LogP contribution in [0.5, 0.6) is 5.88 Å². The number of carbonyl (C=O) groups is 1. The molecule has 0 N–H and O–H groups in total. The Morgan fingerprint density at radius 1 is 1.12 bits per heavy atom. The van der Waals surface area contributed by atoms with Gasteiger partial charge in [-0.25, -0.2) is 4.98 Å². The van der Waals surface area contributed by atoms with E-state index in [9.17, 15) is 4.79 Å². The van der Waals surface area contributed by atoms with Crippen LogP contribution < -0.4 is 4.74 Å². The Hall–Kier alpha value is -2.36. The van der Waals surface area contributed by atoms with E-state index in [4.69, 9.17) is 4.74 Å². The summed E-state index contributed by atoms with van der Waals surface area (Å²) in [7, 11) is 0. The van der Waals surface area contributed by atoms with Gasteiger partial charge in [0.05, 0.1) is 13.1 Å². The summed E-state index contributed by atoms with van der Waals surface area (Å²) in [6, 6.07) is 13.6. The van der Waals surface area contributed by atoms with Crippen molar-refractivity contribution in [1.29, 1.82) is 0 Å². The summed E-state index contributed by atoms with van der Waals surface area (Å²) in [6.07, 6.45) is 0.0251. The molecule has 1 amide bonds. The number of hydrogen-bond donors (Lipinski definition) is 0. The molecule has 0 saturated carbocycles. The van der Waals surface area contributed by atoms with Crippen molar-refractivity contribution in [3.05, 3.63) is 59.3 Å². The lowest BCUT2D eigenvalue weighted by Crippen LogP contribution is -2.56. The third-order valence-electron chi connectivity index (χ3n) is 4.28. The summed E-state index contributed by atoms with van der Waals surface area (Å²) < 4.78 is 5.81. The maximum Gasteiger partial charge on any atom is 0.254 e. The van der Waals surface area contributed by atoms with Gasteiger partial charge >= 0.3 is 0 Å². The molecule has 126 valence electrons. The first-order chi connectivity index (χ1) is 11.3. The Bertz CT molecular complexity index is 726. The first-order valence-corrected chi connectivity index (χ1v) is 8.33. The Balaban J connectivity index is 1.56. The molecular formula is C20H24N2O2. The van der Waals surface area contributed by atoms with Crippen molar-refractivity contribution in [2.45, 2.75) is 39.2 Å². The number of likely N-dealkylation sites (tertiary alicyclic amines) is 1. The number of carbonyl (C=O) groups excluding carboxylic acids is 1. The minimum Gasteiger partial charge on any atom is -0.471 e. The monoisotopic (exact) mass is 324 g/mol. The molecule has 3 rings (SSSR count). The molecule has 1 fully saturated rings. The Morgan fingerprint density at radius 2 is 1.79 bits per heavy atom. The van der Waals surface area contributed by atoms with E-state index in [2.05, 4.69) is 25.8 Å². The second kappa shape index (κ2) is 6.27. The number of ether oxygens (including phenoxy) is 1. The predicted molar refractivity (Wildman–Crippen MR) is 94.4 cm³/mol. The van der Waals surface area contributed by atoms with Crippen molar-refractivity contribution in [3.8, 4) is 5.88 Å². The highest BCUT2D eigenvalue weighted by molar-refractivity contribution is 5.94. The maximum atomic E-state index is 12.5. The van der Waals surface area contributed by atoms with Gasteiger partial charge in [-0.05, 0) is 36.1 Å². The summed E-state index contributed by atoms with van der Waals surface area (Å²) >= 11 is 0. The summed E-state index contributed by atoms with van der Waals surface area (Å²) in [4.78, 5) is 18.6. The molecule has 2 aromatic rings. The zero-order chi connectivity index (χ0) is 17.3. The van der Waals surface area contributed by atoms with Crippen LogP contribution in [0.3, 0.4) is 0 Å². The van der Waals surface area contributed by atoms with Gasteiger partial charge in [0.25, 0.3) is 5.91 Å². The second-order valence-electron chi connectivity index (χ2n) is 7.39. The lowest BCUT2D eigenvalue weighted by molar-refractivity contribution is 0.0159. The molecule has 1 aliphatic heterocycles. The fourth-order valence-electron chi connectivity index (χ4n) is 2.73. The summed E-state index contributed by atoms with van der Waals surface area (Å²) in [5.74, 6) is 0.689. The molecule has 4 nitrogen and oxygen atoms in total. The van der Waals surface area contributed by atoms with E-state index in [1.807, 2.05) is 54.3 Å². The van der Waals surface area contributed by atoms with Crippen molar-refractivity contribution in [2.24, 2.45) is 0 Å². The average molecular weight is 324 g/mol. The quantitative estimate of drug-likeness (QED) is 0.866. The number of rotatable bonds is 3. The first kappa shape index (κ1) is 16.5.